The first kappa shape index (κ1) is 15.3. The molecule has 1 unspecified atom stereocenters. The Morgan fingerprint density at radius 2 is 2.16 bits per heavy atom. The summed E-state index contributed by atoms with van der Waals surface area (Å²) in [5, 5.41) is 14.5. The lowest BCUT2D eigenvalue weighted by Crippen LogP contribution is -2.31. The summed E-state index contributed by atoms with van der Waals surface area (Å²) in [5.41, 5.74) is 0.644. The van der Waals surface area contributed by atoms with Crippen LogP contribution in [0.3, 0.4) is 0 Å². The van der Waals surface area contributed by atoms with Crippen LogP contribution in [0, 0.1) is 0 Å². The van der Waals surface area contributed by atoms with Crippen molar-refractivity contribution in [2.24, 2.45) is 0 Å². The van der Waals surface area contributed by atoms with Crippen LogP contribution >= 0.6 is 0 Å². The Balaban J connectivity index is 2.48. The van der Waals surface area contributed by atoms with E-state index in [9.17, 15) is 4.79 Å². The van der Waals surface area contributed by atoms with E-state index in [0.717, 1.165) is 6.42 Å². The van der Waals surface area contributed by atoms with Crippen molar-refractivity contribution in [1.29, 1.82) is 0 Å². The topological polar surface area (TPSA) is 70.6 Å². The molecule has 1 aromatic rings. The maximum absolute atomic E-state index is 11.7. The number of aliphatic hydroxyl groups excluding tert-OH is 1. The lowest BCUT2D eigenvalue weighted by molar-refractivity contribution is 0.184. The number of benzene rings is 1. The lowest BCUT2D eigenvalue weighted by Gasteiger charge is -2.12. The molecule has 0 bridgehead atoms. The van der Waals surface area contributed by atoms with Crippen molar-refractivity contribution in [3.8, 4) is 5.75 Å². The zero-order chi connectivity index (χ0) is 14.1. The Morgan fingerprint density at radius 3 is 2.84 bits per heavy atom. The fraction of sp³-hybridized carbons (Fsp3) is 0.500. The molecule has 1 atom stereocenters. The third-order valence-electron chi connectivity index (χ3n) is 2.44. The number of para-hydroxylation sites is 2. The van der Waals surface area contributed by atoms with Gasteiger partial charge in [0.2, 0.25) is 0 Å². The van der Waals surface area contributed by atoms with E-state index in [0.29, 0.717) is 31.0 Å². The highest BCUT2D eigenvalue weighted by molar-refractivity contribution is 5.90. The van der Waals surface area contributed by atoms with Gasteiger partial charge in [0.1, 0.15) is 5.75 Å². The molecule has 0 aliphatic heterocycles. The van der Waals surface area contributed by atoms with Crippen LogP contribution in [0.25, 0.3) is 0 Å². The molecule has 0 aliphatic rings. The molecule has 0 heterocycles. The van der Waals surface area contributed by atoms with Gasteiger partial charge in [-0.2, -0.15) is 0 Å². The number of hydrogen-bond donors (Lipinski definition) is 3. The average molecular weight is 266 g/mol. The summed E-state index contributed by atoms with van der Waals surface area (Å²) in [6.07, 6.45) is 1.02. The maximum atomic E-state index is 11.7. The average Bonchev–Trinajstić information content (AvgIpc) is 2.37. The number of carbonyl (C=O) groups is 1. The van der Waals surface area contributed by atoms with E-state index >= 15 is 0 Å². The third kappa shape index (κ3) is 6.10. The fourth-order valence-electron chi connectivity index (χ4n) is 1.47. The highest BCUT2D eigenvalue weighted by Gasteiger charge is 2.07. The molecule has 0 saturated heterocycles. The van der Waals surface area contributed by atoms with E-state index < -0.39 is 6.10 Å². The second-order valence-corrected chi connectivity index (χ2v) is 4.36. The van der Waals surface area contributed by atoms with Crippen LogP contribution < -0.4 is 15.4 Å². The summed E-state index contributed by atoms with van der Waals surface area (Å²) in [5.74, 6) is 0.662. The maximum Gasteiger partial charge on any atom is 0.319 e. The summed E-state index contributed by atoms with van der Waals surface area (Å²) in [6, 6.07) is 7.01. The second kappa shape index (κ2) is 8.37. The number of aliphatic hydroxyl groups is 1. The molecule has 3 N–H and O–H groups in total. The van der Waals surface area contributed by atoms with Gasteiger partial charge in [0.05, 0.1) is 18.4 Å². The van der Waals surface area contributed by atoms with Gasteiger partial charge in [0, 0.05) is 6.54 Å². The number of hydrogen-bond acceptors (Lipinski definition) is 3. The van der Waals surface area contributed by atoms with Gasteiger partial charge in [-0.3, -0.25) is 0 Å². The molecule has 1 aromatic carbocycles. The molecule has 1 rings (SSSR count). The van der Waals surface area contributed by atoms with Crippen molar-refractivity contribution >= 4 is 11.7 Å². The molecule has 0 saturated carbocycles. The van der Waals surface area contributed by atoms with Crippen molar-refractivity contribution in [1.82, 2.24) is 5.32 Å². The largest absolute Gasteiger partial charge is 0.491 e. The first-order valence-corrected chi connectivity index (χ1v) is 6.58. The van der Waals surface area contributed by atoms with E-state index in [-0.39, 0.29) is 6.03 Å². The van der Waals surface area contributed by atoms with Gasteiger partial charge < -0.3 is 20.5 Å². The van der Waals surface area contributed by atoms with Crippen LogP contribution in [0.4, 0.5) is 10.5 Å². The number of nitrogens with one attached hydrogen (secondary N) is 2. The monoisotopic (exact) mass is 266 g/mol. The van der Waals surface area contributed by atoms with E-state index in [2.05, 4.69) is 10.6 Å². The Morgan fingerprint density at radius 1 is 1.42 bits per heavy atom. The van der Waals surface area contributed by atoms with Gasteiger partial charge in [-0.05, 0) is 31.9 Å². The van der Waals surface area contributed by atoms with Crippen molar-refractivity contribution in [2.75, 3.05) is 18.5 Å². The Kier molecular flexibility index (Phi) is 6.74. The van der Waals surface area contributed by atoms with Gasteiger partial charge in [0.15, 0.2) is 0 Å². The number of amides is 2. The number of carbonyl (C=O) groups excluding carboxylic acids is 1. The Bertz CT molecular complexity index is 394. The molecular formula is C14H22N2O3. The van der Waals surface area contributed by atoms with E-state index in [1.54, 1.807) is 13.0 Å². The molecule has 106 valence electrons. The highest BCUT2D eigenvalue weighted by Crippen LogP contribution is 2.23. The van der Waals surface area contributed by atoms with Gasteiger partial charge in [0.25, 0.3) is 0 Å². The minimum Gasteiger partial charge on any atom is -0.491 e. The first-order chi connectivity index (χ1) is 9.13. The SMILES string of the molecule is CCCOc1ccccc1NC(=O)NCCC(C)O. The van der Waals surface area contributed by atoms with Crippen molar-refractivity contribution < 1.29 is 14.6 Å². The molecule has 0 spiro atoms. The number of rotatable bonds is 7. The normalized spacial score (nSPS) is 11.7. The number of anilines is 1. The number of urea groups is 1. The third-order valence-corrected chi connectivity index (χ3v) is 2.44. The molecule has 5 nitrogen and oxygen atoms in total. The zero-order valence-corrected chi connectivity index (χ0v) is 11.5. The minimum absolute atomic E-state index is 0.298. The smallest absolute Gasteiger partial charge is 0.319 e. The Hall–Kier alpha value is -1.75. The first-order valence-electron chi connectivity index (χ1n) is 6.58. The Labute approximate surface area is 114 Å². The highest BCUT2D eigenvalue weighted by atomic mass is 16.5. The van der Waals surface area contributed by atoms with Crippen LogP contribution in [-0.2, 0) is 0 Å². The molecule has 2 amide bonds. The van der Waals surface area contributed by atoms with E-state index in [4.69, 9.17) is 9.84 Å². The van der Waals surface area contributed by atoms with Crippen LogP contribution in [0.15, 0.2) is 24.3 Å². The lowest BCUT2D eigenvalue weighted by atomic mass is 10.3. The van der Waals surface area contributed by atoms with Crippen LogP contribution in [-0.4, -0.2) is 30.4 Å². The summed E-state index contributed by atoms with van der Waals surface area (Å²) < 4.78 is 5.55. The molecule has 0 radical (unpaired) electrons. The number of ether oxygens (including phenoxy) is 1. The minimum atomic E-state index is -0.416. The second-order valence-electron chi connectivity index (χ2n) is 4.36. The molecule has 0 aromatic heterocycles. The van der Waals surface area contributed by atoms with Gasteiger partial charge >= 0.3 is 6.03 Å². The summed E-state index contributed by atoms with van der Waals surface area (Å²) in [6.45, 7) is 4.76. The molecule has 0 aliphatic carbocycles. The van der Waals surface area contributed by atoms with Gasteiger partial charge in [-0.15, -0.1) is 0 Å². The van der Waals surface area contributed by atoms with Crippen LogP contribution in [0.5, 0.6) is 5.75 Å². The molecule has 19 heavy (non-hydrogen) atoms. The summed E-state index contributed by atoms with van der Waals surface area (Å²) in [4.78, 5) is 11.7. The molecule has 0 fully saturated rings. The van der Waals surface area contributed by atoms with E-state index in [1.165, 1.54) is 0 Å². The van der Waals surface area contributed by atoms with Crippen LogP contribution in [0.2, 0.25) is 0 Å². The standard InChI is InChI=1S/C14H22N2O3/c1-3-10-19-13-7-5-4-6-12(13)16-14(18)15-9-8-11(2)17/h4-7,11,17H,3,8-10H2,1-2H3,(H2,15,16,18). The zero-order valence-electron chi connectivity index (χ0n) is 11.5. The fourth-order valence-corrected chi connectivity index (χ4v) is 1.47. The summed E-state index contributed by atoms with van der Waals surface area (Å²) >= 11 is 0. The van der Waals surface area contributed by atoms with Crippen molar-refractivity contribution in [2.45, 2.75) is 32.8 Å². The van der Waals surface area contributed by atoms with Gasteiger partial charge in [-0.1, -0.05) is 19.1 Å². The predicted octanol–water partition coefficient (Wildman–Crippen LogP) is 2.37. The van der Waals surface area contributed by atoms with Crippen LogP contribution in [0.1, 0.15) is 26.7 Å². The quantitative estimate of drug-likeness (QED) is 0.709. The molecule has 5 heteroatoms. The van der Waals surface area contributed by atoms with Crippen molar-refractivity contribution in [3.63, 3.8) is 0 Å². The van der Waals surface area contributed by atoms with Gasteiger partial charge in [-0.25, -0.2) is 4.79 Å². The van der Waals surface area contributed by atoms with E-state index in [1.807, 2.05) is 25.1 Å². The molecular weight excluding hydrogens is 244 g/mol. The van der Waals surface area contributed by atoms with Crippen molar-refractivity contribution in [3.05, 3.63) is 24.3 Å². The predicted molar refractivity (Wildman–Crippen MR) is 75.5 cm³/mol. The summed E-state index contributed by atoms with van der Waals surface area (Å²) in [7, 11) is 0.